The van der Waals surface area contributed by atoms with Gasteiger partial charge in [-0.25, -0.2) is 0 Å². The van der Waals surface area contributed by atoms with Crippen LogP contribution in [0.25, 0.3) is 10.9 Å². The van der Waals surface area contributed by atoms with Crippen molar-refractivity contribution in [1.29, 1.82) is 0 Å². The van der Waals surface area contributed by atoms with Crippen LogP contribution in [0, 0.1) is 5.92 Å². The summed E-state index contributed by atoms with van der Waals surface area (Å²) >= 11 is 6.23. The summed E-state index contributed by atoms with van der Waals surface area (Å²) in [6.07, 6.45) is 4.19. The number of pyridine rings is 1. The first-order valence-corrected chi connectivity index (χ1v) is 7.93. The van der Waals surface area contributed by atoms with Crippen molar-refractivity contribution in [3.63, 3.8) is 0 Å². The first kappa shape index (κ1) is 14.6. The molecule has 1 fully saturated rings. The Kier molecular flexibility index (Phi) is 4.32. The number of ether oxygens (including phenoxy) is 1. The zero-order valence-corrected chi connectivity index (χ0v) is 13.2. The highest BCUT2D eigenvalue weighted by Gasteiger charge is 2.25. The van der Waals surface area contributed by atoms with Gasteiger partial charge in [0, 0.05) is 29.3 Å². The van der Waals surface area contributed by atoms with Crippen LogP contribution in [0.15, 0.2) is 30.5 Å². The lowest BCUT2D eigenvalue weighted by Gasteiger charge is -2.33. The summed E-state index contributed by atoms with van der Waals surface area (Å²) in [5.74, 6) is 0.545. The Morgan fingerprint density at radius 3 is 3.05 bits per heavy atom. The number of rotatable bonds is 3. The van der Waals surface area contributed by atoms with Crippen molar-refractivity contribution < 1.29 is 4.74 Å². The van der Waals surface area contributed by atoms with Crippen molar-refractivity contribution in [2.24, 2.45) is 5.92 Å². The van der Waals surface area contributed by atoms with E-state index in [1.54, 1.807) is 0 Å². The number of hydrogen-bond acceptors (Lipinski definition) is 3. The number of aromatic nitrogens is 1. The van der Waals surface area contributed by atoms with E-state index in [-0.39, 0.29) is 0 Å². The van der Waals surface area contributed by atoms with E-state index in [1.165, 1.54) is 0 Å². The zero-order valence-electron chi connectivity index (χ0n) is 12.5. The molecule has 1 aliphatic rings. The molecular formula is C17H21ClN2O. The third-order valence-electron chi connectivity index (χ3n) is 4.09. The van der Waals surface area contributed by atoms with Crippen molar-refractivity contribution in [2.45, 2.75) is 38.8 Å². The summed E-state index contributed by atoms with van der Waals surface area (Å²) in [6.45, 7) is 5.24. The van der Waals surface area contributed by atoms with E-state index in [9.17, 15) is 0 Å². The highest BCUT2D eigenvalue weighted by molar-refractivity contribution is 6.31. The van der Waals surface area contributed by atoms with Gasteiger partial charge in [0.05, 0.1) is 17.3 Å². The highest BCUT2D eigenvalue weighted by Crippen LogP contribution is 2.29. The predicted molar refractivity (Wildman–Crippen MR) is 88.0 cm³/mol. The molecule has 0 radical (unpaired) electrons. The average Bonchev–Trinajstić information content (AvgIpc) is 2.47. The minimum Gasteiger partial charge on any atom is -0.380 e. The third kappa shape index (κ3) is 3.30. The Morgan fingerprint density at radius 1 is 1.38 bits per heavy atom. The number of nitrogens with one attached hydrogen (secondary N) is 1. The maximum Gasteiger partial charge on any atom is 0.0934 e. The van der Waals surface area contributed by atoms with Gasteiger partial charge < -0.3 is 10.1 Å². The van der Waals surface area contributed by atoms with Crippen molar-refractivity contribution in [3.05, 3.63) is 35.5 Å². The number of nitrogens with zero attached hydrogens (tertiary/aromatic N) is 1. The Balaban J connectivity index is 1.84. The lowest BCUT2D eigenvalue weighted by Crippen LogP contribution is -2.36. The molecule has 0 spiro atoms. The predicted octanol–water partition coefficient (Wildman–Crippen LogP) is 4.50. The molecule has 112 valence electrons. The van der Waals surface area contributed by atoms with Crippen LogP contribution in [0.5, 0.6) is 0 Å². The molecule has 1 aromatic heterocycles. The lowest BCUT2D eigenvalue weighted by molar-refractivity contribution is -0.0160. The van der Waals surface area contributed by atoms with Crippen LogP contribution in [-0.4, -0.2) is 23.7 Å². The molecular weight excluding hydrogens is 284 g/mol. The van der Waals surface area contributed by atoms with Gasteiger partial charge in [0.15, 0.2) is 0 Å². The molecule has 2 heterocycles. The smallest absolute Gasteiger partial charge is 0.0934 e. The molecule has 2 aromatic rings. The molecule has 1 N–H and O–H groups in total. The fourth-order valence-electron chi connectivity index (χ4n) is 2.91. The van der Waals surface area contributed by atoms with Gasteiger partial charge in [-0.3, -0.25) is 4.98 Å². The van der Waals surface area contributed by atoms with Gasteiger partial charge in [0.25, 0.3) is 0 Å². The molecule has 0 bridgehead atoms. The summed E-state index contributed by atoms with van der Waals surface area (Å²) < 4.78 is 5.84. The second-order valence-corrected chi connectivity index (χ2v) is 6.48. The number of benzene rings is 1. The molecule has 3 nitrogen and oxygen atoms in total. The van der Waals surface area contributed by atoms with Crippen molar-refractivity contribution >= 4 is 28.2 Å². The van der Waals surface area contributed by atoms with Crippen LogP contribution in [0.3, 0.4) is 0 Å². The normalized spacial score (nSPS) is 22.7. The van der Waals surface area contributed by atoms with Gasteiger partial charge in [-0.05, 0) is 37.0 Å². The van der Waals surface area contributed by atoms with Crippen molar-refractivity contribution in [1.82, 2.24) is 4.98 Å². The average molecular weight is 305 g/mol. The van der Waals surface area contributed by atoms with E-state index in [1.807, 2.05) is 30.5 Å². The van der Waals surface area contributed by atoms with Gasteiger partial charge in [-0.15, -0.1) is 0 Å². The maximum atomic E-state index is 6.23. The van der Waals surface area contributed by atoms with E-state index >= 15 is 0 Å². The lowest BCUT2D eigenvalue weighted by atomic mass is 9.95. The molecule has 3 rings (SSSR count). The zero-order chi connectivity index (χ0) is 14.8. The number of halogens is 1. The molecule has 4 heteroatoms. The molecule has 21 heavy (non-hydrogen) atoms. The molecule has 2 atom stereocenters. The summed E-state index contributed by atoms with van der Waals surface area (Å²) in [5, 5.41) is 5.43. The summed E-state index contributed by atoms with van der Waals surface area (Å²) in [6, 6.07) is 8.31. The maximum absolute atomic E-state index is 6.23. The van der Waals surface area contributed by atoms with Crippen molar-refractivity contribution in [3.8, 4) is 0 Å². The van der Waals surface area contributed by atoms with Crippen LogP contribution in [0.4, 0.5) is 5.69 Å². The van der Waals surface area contributed by atoms with E-state index in [4.69, 9.17) is 16.3 Å². The van der Waals surface area contributed by atoms with Gasteiger partial charge in [0.2, 0.25) is 0 Å². The molecule has 0 amide bonds. The van der Waals surface area contributed by atoms with Crippen LogP contribution in [-0.2, 0) is 4.74 Å². The number of fused-ring (bicyclic) bond motifs is 1. The minimum absolute atomic E-state index is 0.328. The Labute approximate surface area is 130 Å². The Morgan fingerprint density at radius 2 is 2.24 bits per heavy atom. The van der Waals surface area contributed by atoms with E-state index < -0.39 is 0 Å². The first-order chi connectivity index (χ1) is 10.1. The van der Waals surface area contributed by atoms with Crippen molar-refractivity contribution in [2.75, 3.05) is 11.9 Å². The molecule has 1 aliphatic heterocycles. The third-order valence-corrected chi connectivity index (χ3v) is 4.31. The first-order valence-electron chi connectivity index (χ1n) is 7.56. The topological polar surface area (TPSA) is 34.2 Å². The molecule has 1 aromatic carbocycles. The number of hydrogen-bond donors (Lipinski definition) is 1. The quantitative estimate of drug-likeness (QED) is 0.906. The summed E-state index contributed by atoms with van der Waals surface area (Å²) in [7, 11) is 0. The number of anilines is 1. The van der Waals surface area contributed by atoms with E-state index in [0.29, 0.717) is 18.1 Å². The van der Waals surface area contributed by atoms with Crippen LogP contribution < -0.4 is 5.32 Å². The largest absolute Gasteiger partial charge is 0.380 e. The fourth-order valence-corrected chi connectivity index (χ4v) is 3.14. The standard InChI is InChI=1S/C17H21ClN2O/c1-11(2)16-10-14(5-7-21-16)20-15-9-13(18)8-12-4-3-6-19-17(12)15/h3-4,6,8-9,11,14,16,20H,5,7,10H2,1-2H3. The summed E-state index contributed by atoms with van der Waals surface area (Å²) in [5.41, 5.74) is 2.00. The highest BCUT2D eigenvalue weighted by atomic mass is 35.5. The van der Waals surface area contributed by atoms with Gasteiger partial charge in [-0.1, -0.05) is 31.5 Å². The van der Waals surface area contributed by atoms with E-state index in [0.717, 1.165) is 41.1 Å². The molecule has 1 saturated heterocycles. The molecule has 0 saturated carbocycles. The van der Waals surface area contributed by atoms with Crippen LogP contribution >= 0.6 is 11.6 Å². The molecule has 2 unspecified atom stereocenters. The molecule has 0 aliphatic carbocycles. The van der Waals surface area contributed by atoms with Gasteiger partial charge >= 0.3 is 0 Å². The van der Waals surface area contributed by atoms with Crippen LogP contribution in [0.2, 0.25) is 5.02 Å². The second-order valence-electron chi connectivity index (χ2n) is 6.05. The van der Waals surface area contributed by atoms with E-state index in [2.05, 4.69) is 24.1 Å². The monoisotopic (exact) mass is 304 g/mol. The SMILES string of the molecule is CC(C)C1CC(Nc2cc(Cl)cc3cccnc23)CCO1. The Hall–Kier alpha value is -1.32. The van der Waals surface area contributed by atoms with Gasteiger partial charge in [-0.2, -0.15) is 0 Å². The Bertz CT molecular complexity index is 629. The summed E-state index contributed by atoms with van der Waals surface area (Å²) in [4.78, 5) is 4.49. The second kappa shape index (κ2) is 6.20. The minimum atomic E-state index is 0.328. The van der Waals surface area contributed by atoms with Crippen LogP contribution in [0.1, 0.15) is 26.7 Å². The fraction of sp³-hybridized carbons (Fsp3) is 0.471. The van der Waals surface area contributed by atoms with Gasteiger partial charge in [0.1, 0.15) is 0 Å².